The van der Waals surface area contributed by atoms with E-state index in [0.717, 1.165) is 9.69 Å². The van der Waals surface area contributed by atoms with Crippen LogP contribution in [0.15, 0.2) is 65.6 Å². The van der Waals surface area contributed by atoms with Gasteiger partial charge in [0.15, 0.2) is 0 Å². The molecule has 3 rings (SSSR count). The molecule has 0 heterocycles. The zero-order valence-electron chi connectivity index (χ0n) is 15.8. The number of fused-ring (bicyclic) bond motifs is 1. The van der Waals surface area contributed by atoms with E-state index < -0.39 is 22.5 Å². The molecule has 3 aromatic rings. The van der Waals surface area contributed by atoms with E-state index in [1.807, 2.05) is 24.3 Å². The zero-order chi connectivity index (χ0) is 21.2. The predicted octanol–water partition coefficient (Wildman–Crippen LogP) is 5.29. The number of carbonyl (C=O) groups is 1. The summed E-state index contributed by atoms with van der Waals surface area (Å²) in [6, 6.07) is 16.6. The van der Waals surface area contributed by atoms with Crippen molar-refractivity contribution in [2.45, 2.75) is 24.8 Å². The molecule has 0 fully saturated rings. The Morgan fingerprint density at radius 3 is 2.38 bits per heavy atom. The summed E-state index contributed by atoms with van der Waals surface area (Å²) >= 11 is 12.0. The highest BCUT2D eigenvalue weighted by Gasteiger charge is 2.29. The summed E-state index contributed by atoms with van der Waals surface area (Å²) in [6.45, 7) is 2.93. The number of sulfonamides is 1. The summed E-state index contributed by atoms with van der Waals surface area (Å²) < 4.78 is 33.2. The molecule has 8 heteroatoms. The minimum absolute atomic E-state index is 0.0721. The van der Waals surface area contributed by atoms with Crippen LogP contribution in [0.1, 0.15) is 13.8 Å². The van der Waals surface area contributed by atoms with Gasteiger partial charge in [0.25, 0.3) is 10.0 Å². The molecule has 0 radical (unpaired) electrons. The van der Waals surface area contributed by atoms with Crippen LogP contribution >= 0.6 is 23.2 Å². The molecule has 0 aliphatic rings. The van der Waals surface area contributed by atoms with Crippen molar-refractivity contribution in [1.82, 2.24) is 0 Å². The van der Waals surface area contributed by atoms with Crippen molar-refractivity contribution in [2.75, 3.05) is 10.8 Å². The number of hydrogen-bond donors (Lipinski definition) is 0. The quantitative estimate of drug-likeness (QED) is 0.477. The molecule has 0 aliphatic heterocycles. The van der Waals surface area contributed by atoms with Crippen LogP contribution < -0.4 is 4.31 Å². The van der Waals surface area contributed by atoms with Gasteiger partial charge in [-0.2, -0.15) is 0 Å². The minimum atomic E-state index is -4.13. The average molecular weight is 452 g/mol. The molecule has 0 saturated heterocycles. The molecule has 0 aromatic heterocycles. The van der Waals surface area contributed by atoms with Crippen molar-refractivity contribution in [1.29, 1.82) is 0 Å². The maximum absolute atomic E-state index is 13.5. The van der Waals surface area contributed by atoms with Crippen molar-refractivity contribution in [3.63, 3.8) is 0 Å². The van der Waals surface area contributed by atoms with E-state index in [1.54, 1.807) is 32.0 Å². The second-order valence-electron chi connectivity index (χ2n) is 6.62. The third-order valence-electron chi connectivity index (χ3n) is 4.15. The molecule has 0 unspecified atom stereocenters. The van der Waals surface area contributed by atoms with E-state index in [-0.39, 0.29) is 21.0 Å². The lowest BCUT2D eigenvalue weighted by Crippen LogP contribution is -2.37. The maximum atomic E-state index is 13.5. The maximum Gasteiger partial charge on any atom is 0.327 e. The molecule has 5 nitrogen and oxygen atoms in total. The molecule has 0 aliphatic carbocycles. The SMILES string of the molecule is CC(C)OC(=O)CN(c1cccc2ccccc12)S(=O)(=O)c1ccc(Cl)c(Cl)c1. The van der Waals surface area contributed by atoms with Crippen LogP contribution in [-0.2, 0) is 19.6 Å². The monoisotopic (exact) mass is 451 g/mol. The van der Waals surface area contributed by atoms with Crippen molar-refractivity contribution in [2.24, 2.45) is 0 Å². The summed E-state index contributed by atoms with van der Waals surface area (Å²) in [7, 11) is -4.13. The van der Waals surface area contributed by atoms with Crippen LogP contribution in [0.3, 0.4) is 0 Å². The van der Waals surface area contributed by atoms with E-state index in [4.69, 9.17) is 27.9 Å². The molecule has 0 amide bonds. The predicted molar refractivity (Wildman–Crippen MR) is 116 cm³/mol. The molecule has 29 heavy (non-hydrogen) atoms. The fraction of sp³-hybridized carbons (Fsp3) is 0.190. The molecular weight excluding hydrogens is 433 g/mol. The average Bonchev–Trinajstić information content (AvgIpc) is 2.67. The number of esters is 1. The summed E-state index contributed by atoms with van der Waals surface area (Å²) in [6.07, 6.45) is -0.371. The number of rotatable bonds is 6. The van der Waals surface area contributed by atoms with E-state index in [0.29, 0.717) is 11.1 Å². The van der Waals surface area contributed by atoms with Crippen LogP contribution in [0.25, 0.3) is 10.8 Å². The Labute approximate surface area is 179 Å². The normalized spacial score (nSPS) is 11.6. The summed E-state index contributed by atoms with van der Waals surface area (Å²) in [5.74, 6) is -0.656. The molecule has 0 bridgehead atoms. The zero-order valence-corrected chi connectivity index (χ0v) is 18.1. The second-order valence-corrected chi connectivity index (χ2v) is 9.30. The topological polar surface area (TPSA) is 63.7 Å². The van der Waals surface area contributed by atoms with Gasteiger partial charge >= 0.3 is 5.97 Å². The molecular formula is C21H19Cl2NO4S. The highest BCUT2D eigenvalue weighted by atomic mass is 35.5. The third-order valence-corrected chi connectivity index (χ3v) is 6.65. The largest absolute Gasteiger partial charge is 0.462 e. The van der Waals surface area contributed by atoms with Gasteiger partial charge in [-0.3, -0.25) is 9.10 Å². The lowest BCUT2D eigenvalue weighted by molar-refractivity contribution is -0.145. The van der Waals surface area contributed by atoms with Gasteiger partial charge in [-0.05, 0) is 43.5 Å². The van der Waals surface area contributed by atoms with Crippen LogP contribution in [0.2, 0.25) is 10.0 Å². The van der Waals surface area contributed by atoms with Crippen LogP contribution in [0.4, 0.5) is 5.69 Å². The number of anilines is 1. The van der Waals surface area contributed by atoms with E-state index in [1.165, 1.54) is 18.2 Å². The van der Waals surface area contributed by atoms with Crippen LogP contribution in [0.5, 0.6) is 0 Å². The van der Waals surface area contributed by atoms with Crippen molar-refractivity contribution < 1.29 is 17.9 Å². The van der Waals surface area contributed by atoms with Gasteiger partial charge in [0.1, 0.15) is 6.54 Å². The molecule has 0 atom stereocenters. The fourth-order valence-corrected chi connectivity index (χ4v) is 4.72. The summed E-state index contributed by atoms with van der Waals surface area (Å²) in [4.78, 5) is 12.3. The van der Waals surface area contributed by atoms with Gasteiger partial charge in [0.2, 0.25) is 0 Å². The number of carbonyl (C=O) groups excluding carboxylic acids is 1. The van der Waals surface area contributed by atoms with Gasteiger partial charge in [0, 0.05) is 5.39 Å². The fourth-order valence-electron chi connectivity index (χ4n) is 2.91. The van der Waals surface area contributed by atoms with E-state index in [9.17, 15) is 13.2 Å². The highest BCUT2D eigenvalue weighted by Crippen LogP contribution is 2.33. The number of ether oxygens (including phenoxy) is 1. The molecule has 0 spiro atoms. The van der Waals surface area contributed by atoms with E-state index in [2.05, 4.69) is 0 Å². The number of hydrogen-bond acceptors (Lipinski definition) is 4. The number of benzene rings is 3. The first-order valence-corrected chi connectivity index (χ1v) is 11.0. The second kappa shape index (κ2) is 8.61. The lowest BCUT2D eigenvalue weighted by atomic mass is 10.1. The summed E-state index contributed by atoms with van der Waals surface area (Å²) in [5.41, 5.74) is 0.370. The first kappa shape index (κ1) is 21.4. The van der Waals surface area contributed by atoms with Crippen molar-refractivity contribution >= 4 is 55.7 Å². The van der Waals surface area contributed by atoms with E-state index >= 15 is 0 Å². The number of halogens is 2. The Balaban J connectivity index is 2.17. The first-order valence-electron chi connectivity index (χ1n) is 8.85. The molecule has 0 saturated carbocycles. The lowest BCUT2D eigenvalue weighted by Gasteiger charge is -2.25. The standard InChI is InChI=1S/C21H19Cl2NO4S/c1-14(2)28-21(25)13-24(20-9-5-7-15-6-3-4-8-17(15)20)29(26,27)16-10-11-18(22)19(23)12-16/h3-12,14H,13H2,1-2H3. The Hall–Kier alpha value is -2.28. The van der Waals surface area contributed by atoms with Gasteiger partial charge in [-0.15, -0.1) is 0 Å². The van der Waals surface area contributed by atoms with Crippen LogP contribution in [-0.4, -0.2) is 27.0 Å². The van der Waals surface area contributed by atoms with Gasteiger partial charge in [-0.1, -0.05) is 59.6 Å². The van der Waals surface area contributed by atoms with Crippen molar-refractivity contribution in [3.8, 4) is 0 Å². The highest BCUT2D eigenvalue weighted by molar-refractivity contribution is 7.92. The molecule has 3 aromatic carbocycles. The Morgan fingerprint density at radius 1 is 1.00 bits per heavy atom. The van der Waals surface area contributed by atoms with Gasteiger partial charge in [-0.25, -0.2) is 8.42 Å². The first-order chi connectivity index (χ1) is 13.7. The minimum Gasteiger partial charge on any atom is -0.462 e. The Kier molecular flexibility index (Phi) is 6.36. The van der Waals surface area contributed by atoms with Gasteiger partial charge < -0.3 is 4.74 Å². The van der Waals surface area contributed by atoms with Crippen molar-refractivity contribution in [3.05, 3.63) is 70.7 Å². The molecule has 152 valence electrons. The van der Waals surface area contributed by atoms with Crippen LogP contribution in [0, 0.1) is 0 Å². The Bertz CT molecular complexity index is 1160. The number of nitrogens with zero attached hydrogens (tertiary/aromatic N) is 1. The summed E-state index contributed by atoms with van der Waals surface area (Å²) in [5, 5.41) is 1.88. The Morgan fingerprint density at radius 2 is 1.69 bits per heavy atom. The van der Waals surface area contributed by atoms with Gasteiger partial charge in [0.05, 0.1) is 26.7 Å². The smallest absolute Gasteiger partial charge is 0.327 e. The third kappa shape index (κ3) is 4.66. The molecule has 0 N–H and O–H groups in total.